The summed E-state index contributed by atoms with van der Waals surface area (Å²) in [6, 6.07) is 1.87. The van der Waals surface area contributed by atoms with Gasteiger partial charge in [0, 0.05) is 24.9 Å². The fourth-order valence-corrected chi connectivity index (χ4v) is 4.49. The van der Waals surface area contributed by atoms with Crippen molar-refractivity contribution in [3.8, 4) is 0 Å². The highest BCUT2D eigenvalue weighted by atomic mass is 32.1. The second kappa shape index (κ2) is 9.54. The van der Waals surface area contributed by atoms with E-state index >= 15 is 0 Å². The van der Waals surface area contributed by atoms with E-state index < -0.39 is 5.97 Å². The fraction of sp³-hybridized carbons (Fsp3) is 0.667. The van der Waals surface area contributed by atoms with Crippen LogP contribution in [0.25, 0.3) is 0 Å². The summed E-state index contributed by atoms with van der Waals surface area (Å²) >= 11 is 1.34. The quantitative estimate of drug-likeness (QED) is 0.670. The number of nitrogens with zero attached hydrogens (tertiary/aromatic N) is 2. The maximum atomic E-state index is 13.4. The lowest BCUT2D eigenvalue weighted by atomic mass is 9.82. The lowest BCUT2D eigenvalue weighted by Gasteiger charge is -2.31. The minimum Gasteiger partial charge on any atom is -0.465 e. The molecule has 7 heteroatoms. The summed E-state index contributed by atoms with van der Waals surface area (Å²) in [5.41, 5.74) is 0.499. The molecule has 0 spiro atoms. The summed E-state index contributed by atoms with van der Waals surface area (Å²) in [5, 5.41) is 0. The van der Waals surface area contributed by atoms with E-state index in [2.05, 4.69) is 6.92 Å². The van der Waals surface area contributed by atoms with Crippen molar-refractivity contribution in [2.24, 2.45) is 11.8 Å². The zero-order chi connectivity index (χ0) is 21.0. The average Bonchev–Trinajstić information content (AvgIpc) is 3.10. The number of thiophene rings is 1. The SMILES string of the molecule is COC(=O)c1sc(C(C)C)cc1N(CC(=O)N(C)C)C(=O)C1CCC(C)CC1. The van der Waals surface area contributed by atoms with Gasteiger partial charge >= 0.3 is 5.97 Å². The molecule has 1 saturated carbocycles. The highest BCUT2D eigenvalue weighted by Gasteiger charge is 2.33. The molecule has 28 heavy (non-hydrogen) atoms. The van der Waals surface area contributed by atoms with Gasteiger partial charge in [-0.2, -0.15) is 0 Å². The first-order valence-corrected chi connectivity index (χ1v) is 10.7. The molecule has 6 nitrogen and oxygen atoms in total. The van der Waals surface area contributed by atoms with E-state index in [1.54, 1.807) is 14.1 Å². The number of amides is 2. The first-order valence-electron chi connectivity index (χ1n) is 9.89. The molecule has 2 amide bonds. The van der Waals surface area contributed by atoms with Crippen LogP contribution in [0, 0.1) is 11.8 Å². The summed E-state index contributed by atoms with van der Waals surface area (Å²) in [4.78, 5) is 42.6. The van der Waals surface area contributed by atoms with Gasteiger partial charge in [0.1, 0.15) is 11.4 Å². The standard InChI is InChI=1S/C21H32N2O4S/c1-13(2)17-11-16(19(28-17)21(26)27-6)23(12-18(24)22(4)5)20(25)15-9-7-14(3)8-10-15/h11,13-15H,7-10,12H2,1-6H3. The van der Waals surface area contributed by atoms with Gasteiger partial charge in [0.05, 0.1) is 12.8 Å². The van der Waals surface area contributed by atoms with Crippen molar-refractivity contribution in [1.82, 2.24) is 4.90 Å². The third-order valence-electron chi connectivity index (χ3n) is 5.39. The van der Waals surface area contributed by atoms with Crippen LogP contribution in [-0.4, -0.2) is 50.4 Å². The number of anilines is 1. The molecule has 0 N–H and O–H groups in total. The van der Waals surface area contributed by atoms with E-state index in [-0.39, 0.29) is 30.2 Å². The maximum Gasteiger partial charge on any atom is 0.350 e. The van der Waals surface area contributed by atoms with Crippen LogP contribution >= 0.6 is 11.3 Å². The van der Waals surface area contributed by atoms with Crippen molar-refractivity contribution in [2.45, 2.75) is 52.4 Å². The number of ether oxygens (including phenoxy) is 1. The van der Waals surface area contributed by atoms with Gasteiger partial charge in [0.2, 0.25) is 11.8 Å². The second-order valence-electron chi connectivity index (χ2n) is 8.18. The van der Waals surface area contributed by atoms with E-state index in [9.17, 15) is 14.4 Å². The fourth-order valence-electron chi connectivity index (χ4n) is 3.41. The number of esters is 1. The molecule has 1 aliphatic carbocycles. The highest BCUT2D eigenvalue weighted by molar-refractivity contribution is 7.14. The summed E-state index contributed by atoms with van der Waals surface area (Å²) in [6.07, 6.45) is 3.66. The predicted molar refractivity (Wildman–Crippen MR) is 112 cm³/mol. The molecule has 0 radical (unpaired) electrons. The van der Waals surface area contributed by atoms with Crippen molar-refractivity contribution in [1.29, 1.82) is 0 Å². The van der Waals surface area contributed by atoms with E-state index in [0.29, 0.717) is 16.5 Å². The van der Waals surface area contributed by atoms with E-state index in [4.69, 9.17) is 4.74 Å². The number of likely N-dealkylation sites (N-methyl/N-ethyl adjacent to an activating group) is 1. The van der Waals surface area contributed by atoms with E-state index in [1.807, 2.05) is 19.9 Å². The third-order valence-corrected chi connectivity index (χ3v) is 6.79. The molecule has 0 atom stereocenters. The van der Waals surface area contributed by atoms with Gasteiger partial charge in [-0.05, 0) is 43.6 Å². The summed E-state index contributed by atoms with van der Waals surface area (Å²) in [6.45, 7) is 6.21. The number of hydrogen-bond donors (Lipinski definition) is 0. The normalized spacial score (nSPS) is 19.4. The Morgan fingerprint density at radius 1 is 1.18 bits per heavy atom. The number of carbonyl (C=O) groups is 3. The maximum absolute atomic E-state index is 13.4. The van der Waals surface area contributed by atoms with Gasteiger partial charge in [-0.1, -0.05) is 20.8 Å². The Morgan fingerprint density at radius 2 is 1.79 bits per heavy atom. The molecular formula is C21H32N2O4S. The molecule has 1 fully saturated rings. The highest BCUT2D eigenvalue weighted by Crippen LogP contribution is 2.37. The van der Waals surface area contributed by atoms with Crippen LogP contribution in [0.2, 0.25) is 0 Å². The van der Waals surface area contributed by atoms with Crippen molar-refractivity contribution in [3.63, 3.8) is 0 Å². The predicted octanol–water partition coefficient (Wildman–Crippen LogP) is 3.91. The zero-order valence-corrected chi connectivity index (χ0v) is 18.6. The molecule has 1 aromatic rings. The first kappa shape index (κ1) is 22.4. The van der Waals surface area contributed by atoms with Crippen LogP contribution < -0.4 is 4.90 Å². The average molecular weight is 409 g/mol. The van der Waals surface area contributed by atoms with Gasteiger partial charge in [-0.3, -0.25) is 9.59 Å². The van der Waals surface area contributed by atoms with Gasteiger partial charge in [0.25, 0.3) is 0 Å². The van der Waals surface area contributed by atoms with Crippen LogP contribution in [-0.2, 0) is 14.3 Å². The topological polar surface area (TPSA) is 66.9 Å². The molecular weight excluding hydrogens is 376 g/mol. The van der Waals surface area contributed by atoms with Crippen LogP contribution in [0.3, 0.4) is 0 Å². The number of carbonyl (C=O) groups excluding carboxylic acids is 3. The third kappa shape index (κ3) is 5.13. The minimum atomic E-state index is -0.473. The lowest BCUT2D eigenvalue weighted by molar-refractivity contribution is -0.130. The Morgan fingerprint density at radius 3 is 2.29 bits per heavy atom. The van der Waals surface area contributed by atoms with Crippen molar-refractivity contribution < 1.29 is 19.1 Å². The molecule has 0 saturated heterocycles. The lowest BCUT2D eigenvalue weighted by Crippen LogP contribution is -2.44. The summed E-state index contributed by atoms with van der Waals surface area (Å²) in [5.74, 6) is 0.00347. The number of methoxy groups -OCH3 is 1. The second-order valence-corrected chi connectivity index (χ2v) is 9.26. The Bertz CT molecular complexity index is 718. The minimum absolute atomic E-state index is 0.0691. The molecule has 0 unspecified atom stereocenters. The van der Waals surface area contributed by atoms with Crippen LogP contribution in [0.15, 0.2) is 6.07 Å². The van der Waals surface area contributed by atoms with Gasteiger partial charge in [0.15, 0.2) is 0 Å². The number of hydrogen-bond acceptors (Lipinski definition) is 5. The van der Waals surface area contributed by atoms with E-state index in [0.717, 1.165) is 30.6 Å². The molecule has 2 rings (SSSR count). The van der Waals surface area contributed by atoms with Gasteiger partial charge in [-0.15, -0.1) is 11.3 Å². The molecule has 0 bridgehead atoms. The Labute approximate surface area is 171 Å². The van der Waals surface area contributed by atoms with Crippen molar-refractivity contribution in [2.75, 3.05) is 32.6 Å². The first-order chi connectivity index (χ1) is 13.1. The van der Waals surface area contributed by atoms with Crippen LogP contribution in [0.4, 0.5) is 5.69 Å². The molecule has 0 aromatic carbocycles. The Kier molecular flexibility index (Phi) is 7.63. The zero-order valence-electron chi connectivity index (χ0n) is 17.8. The van der Waals surface area contributed by atoms with Crippen LogP contribution in [0.5, 0.6) is 0 Å². The Hall–Kier alpha value is -1.89. The number of rotatable bonds is 6. The van der Waals surface area contributed by atoms with E-state index in [1.165, 1.54) is 28.2 Å². The van der Waals surface area contributed by atoms with Crippen molar-refractivity contribution in [3.05, 3.63) is 15.8 Å². The summed E-state index contributed by atoms with van der Waals surface area (Å²) in [7, 11) is 4.67. The molecule has 1 heterocycles. The van der Waals surface area contributed by atoms with Gasteiger partial charge < -0.3 is 14.5 Å². The molecule has 156 valence electrons. The van der Waals surface area contributed by atoms with Crippen molar-refractivity contribution >= 4 is 34.8 Å². The largest absolute Gasteiger partial charge is 0.465 e. The molecule has 1 aromatic heterocycles. The summed E-state index contributed by atoms with van der Waals surface area (Å²) < 4.78 is 4.95. The smallest absolute Gasteiger partial charge is 0.350 e. The van der Waals surface area contributed by atoms with Crippen LogP contribution in [0.1, 0.15) is 66.9 Å². The molecule has 0 aliphatic heterocycles. The monoisotopic (exact) mass is 408 g/mol. The molecule has 1 aliphatic rings. The Balaban J connectivity index is 2.44. The van der Waals surface area contributed by atoms with Gasteiger partial charge in [-0.25, -0.2) is 4.79 Å².